The molecule has 0 spiro atoms. The fourth-order valence-electron chi connectivity index (χ4n) is 2.58. The zero-order valence-electron chi connectivity index (χ0n) is 10.3. The van der Waals surface area contributed by atoms with Gasteiger partial charge in [0, 0.05) is 23.8 Å². The number of aromatic nitrogens is 1. The minimum absolute atomic E-state index is 0.456. The molecule has 0 aromatic carbocycles. The monoisotopic (exact) mass is 316 g/mol. The van der Waals surface area contributed by atoms with Gasteiger partial charge in [0.15, 0.2) is 0 Å². The third-order valence-corrected chi connectivity index (χ3v) is 4.74. The molecule has 1 fully saturated rings. The Kier molecular flexibility index (Phi) is 3.99. The Balaban J connectivity index is 2.20. The van der Waals surface area contributed by atoms with Crippen LogP contribution in [0.4, 0.5) is 5.82 Å². The van der Waals surface area contributed by atoms with E-state index in [0.29, 0.717) is 5.41 Å². The predicted molar refractivity (Wildman–Crippen MR) is 76.8 cm³/mol. The lowest BCUT2D eigenvalue weighted by molar-refractivity contribution is 0.301. The number of halogens is 2. The Hall–Kier alpha value is -0.280. The number of nitrogens with zero attached hydrogens (tertiary/aromatic N) is 2. The van der Waals surface area contributed by atoms with Crippen LogP contribution in [0.25, 0.3) is 0 Å². The largest absolute Gasteiger partial charge is 0.355 e. The molecule has 0 aliphatic carbocycles. The second kappa shape index (κ2) is 5.15. The van der Waals surface area contributed by atoms with E-state index in [9.17, 15) is 0 Å². The molecule has 0 N–H and O–H groups in total. The van der Waals surface area contributed by atoms with Gasteiger partial charge < -0.3 is 4.90 Å². The molecule has 1 saturated heterocycles. The maximum Gasteiger partial charge on any atom is 0.147 e. The molecule has 0 amide bonds. The molecular formula is C13H18BrClN2. The summed E-state index contributed by atoms with van der Waals surface area (Å²) < 4.78 is 0.933. The normalized spacial score (nSPS) is 18.7. The van der Waals surface area contributed by atoms with Gasteiger partial charge in [-0.2, -0.15) is 0 Å². The Morgan fingerprint density at radius 2 is 2.18 bits per heavy atom. The molecule has 0 bridgehead atoms. The van der Waals surface area contributed by atoms with Crippen LogP contribution in [-0.2, 0) is 0 Å². The molecule has 0 unspecified atom stereocenters. The van der Waals surface area contributed by atoms with Gasteiger partial charge in [-0.05, 0) is 46.7 Å². The van der Waals surface area contributed by atoms with Crippen molar-refractivity contribution in [2.45, 2.75) is 33.1 Å². The topological polar surface area (TPSA) is 16.1 Å². The Labute approximate surface area is 116 Å². The second-order valence-corrected chi connectivity index (χ2v) is 6.16. The molecule has 1 aliphatic rings. The van der Waals surface area contributed by atoms with Crippen molar-refractivity contribution in [3.63, 3.8) is 0 Å². The molecule has 0 radical (unpaired) electrons. The molecule has 94 valence electrons. The van der Waals surface area contributed by atoms with Gasteiger partial charge in [-0.15, -0.1) is 0 Å². The van der Waals surface area contributed by atoms with E-state index in [1.54, 1.807) is 0 Å². The number of hydrogen-bond donors (Lipinski definition) is 0. The SMILES string of the molecule is CCC1(CC)CCN(c2ncc(Br)cc2Cl)C1. The lowest BCUT2D eigenvalue weighted by Crippen LogP contribution is -2.26. The van der Waals surface area contributed by atoms with Crippen molar-refractivity contribution < 1.29 is 0 Å². The van der Waals surface area contributed by atoms with E-state index >= 15 is 0 Å². The van der Waals surface area contributed by atoms with E-state index < -0.39 is 0 Å². The summed E-state index contributed by atoms with van der Waals surface area (Å²) in [6.45, 7) is 6.71. The van der Waals surface area contributed by atoms with Gasteiger partial charge >= 0.3 is 0 Å². The van der Waals surface area contributed by atoms with Crippen molar-refractivity contribution in [2.75, 3.05) is 18.0 Å². The summed E-state index contributed by atoms with van der Waals surface area (Å²) >= 11 is 9.64. The summed E-state index contributed by atoms with van der Waals surface area (Å²) in [5, 5.41) is 0.738. The first-order valence-corrected chi connectivity index (χ1v) is 7.33. The Morgan fingerprint density at radius 3 is 2.71 bits per heavy atom. The highest BCUT2D eigenvalue weighted by atomic mass is 79.9. The van der Waals surface area contributed by atoms with Crippen LogP contribution in [0, 0.1) is 5.41 Å². The highest BCUT2D eigenvalue weighted by Crippen LogP contribution is 2.40. The molecule has 2 nitrogen and oxygen atoms in total. The zero-order chi connectivity index (χ0) is 12.5. The number of rotatable bonds is 3. The third-order valence-electron chi connectivity index (χ3n) is 4.03. The van der Waals surface area contributed by atoms with E-state index in [-0.39, 0.29) is 0 Å². The molecule has 2 heterocycles. The standard InChI is InChI=1S/C13H18BrClN2/c1-3-13(4-2)5-6-17(9-13)12-11(15)7-10(14)8-16-12/h7-8H,3-6,9H2,1-2H3. The molecule has 1 aromatic heterocycles. The van der Waals surface area contributed by atoms with Crippen molar-refractivity contribution >= 4 is 33.3 Å². The van der Waals surface area contributed by atoms with Crippen LogP contribution in [0.5, 0.6) is 0 Å². The fraction of sp³-hybridized carbons (Fsp3) is 0.615. The minimum atomic E-state index is 0.456. The van der Waals surface area contributed by atoms with Crippen molar-refractivity contribution in [2.24, 2.45) is 5.41 Å². The average Bonchev–Trinajstić information content (AvgIpc) is 2.74. The van der Waals surface area contributed by atoms with Gasteiger partial charge in [-0.1, -0.05) is 25.4 Å². The summed E-state index contributed by atoms with van der Waals surface area (Å²) in [4.78, 5) is 6.76. The van der Waals surface area contributed by atoms with Gasteiger partial charge in [0.2, 0.25) is 0 Å². The third kappa shape index (κ3) is 2.60. The van der Waals surface area contributed by atoms with Gasteiger partial charge in [0.05, 0.1) is 5.02 Å². The number of anilines is 1. The van der Waals surface area contributed by atoms with Crippen molar-refractivity contribution in [1.82, 2.24) is 4.98 Å². The minimum Gasteiger partial charge on any atom is -0.355 e. The van der Waals surface area contributed by atoms with E-state index in [1.807, 2.05) is 12.3 Å². The van der Waals surface area contributed by atoms with Crippen LogP contribution in [0.2, 0.25) is 5.02 Å². The molecular weight excluding hydrogens is 300 g/mol. The highest BCUT2D eigenvalue weighted by molar-refractivity contribution is 9.10. The molecule has 0 saturated carbocycles. The first-order valence-electron chi connectivity index (χ1n) is 6.16. The summed E-state index contributed by atoms with van der Waals surface area (Å²) in [6, 6.07) is 1.92. The van der Waals surface area contributed by atoms with Crippen LogP contribution < -0.4 is 4.90 Å². The van der Waals surface area contributed by atoms with Crippen LogP contribution in [0.3, 0.4) is 0 Å². The van der Waals surface area contributed by atoms with Crippen molar-refractivity contribution in [1.29, 1.82) is 0 Å². The fourth-order valence-corrected chi connectivity index (χ4v) is 3.33. The van der Waals surface area contributed by atoms with E-state index in [0.717, 1.165) is 28.4 Å². The summed E-state index contributed by atoms with van der Waals surface area (Å²) in [6.07, 6.45) is 5.52. The van der Waals surface area contributed by atoms with Crippen molar-refractivity contribution in [3.05, 3.63) is 21.8 Å². The van der Waals surface area contributed by atoms with E-state index in [4.69, 9.17) is 11.6 Å². The zero-order valence-corrected chi connectivity index (χ0v) is 12.7. The first kappa shape index (κ1) is 13.2. The molecule has 4 heteroatoms. The van der Waals surface area contributed by atoms with Crippen molar-refractivity contribution in [3.8, 4) is 0 Å². The Bertz CT molecular complexity index is 404. The summed E-state index contributed by atoms with van der Waals surface area (Å²) in [7, 11) is 0. The molecule has 0 atom stereocenters. The van der Waals surface area contributed by atoms with Gasteiger partial charge in [-0.25, -0.2) is 4.98 Å². The van der Waals surface area contributed by atoms with Gasteiger partial charge in [0.25, 0.3) is 0 Å². The first-order chi connectivity index (χ1) is 8.10. The van der Waals surface area contributed by atoms with Gasteiger partial charge in [0.1, 0.15) is 5.82 Å². The maximum absolute atomic E-state index is 6.25. The maximum atomic E-state index is 6.25. The van der Waals surface area contributed by atoms with Crippen LogP contribution in [0.15, 0.2) is 16.7 Å². The highest BCUT2D eigenvalue weighted by Gasteiger charge is 2.35. The number of pyridine rings is 1. The Morgan fingerprint density at radius 1 is 1.47 bits per heavy atom. The molecule has 2 rings (SSSR count). The summed E-state index contributed by atoms with van der Waals surface area (Å²) in [5.74, 6) is 0.929. The smallest absolute Gasteiger partial charge is 0.147 e. The lowest BCUT2D eigenvalue weighted by Gasteiger charge is -2.27. The van der Waals surface area contributed by atoms with E-state index in [1.165, 1.54) is 19.3 Å². The quantitative estimate of drug-likeness (QED) is 0.815. The number of hydrogen-bond acceptors (Lipinski definition) is 2. The predicted octanol–water partition coefficient (Wildman–Crippen LogP) is 4.51. The molecule has 17 heavy (non-hydrogen) atoms. The molecule has 1 aliphatic heterocycles. The summed E-state index contributed by atoms with van der Waals surface area (Å²) in [5.41, 5.74) is 0.456. The second-order valence-electron chi connectivity index (χ2n) is 4.84. The van der Waals surface area contributed by atoms with Crippen LogP contribution >= 0.6 is 27.5 Å². The van der Waals surface area contributed by atoms with Crippen LogP contribution in [0.1, 0.15) is 33.1 Å². The average molecular weight is 318 g/mol. The van der Waals surface area contributed by atoms with Gasteiger partial charge in [-0.3, -0.25) is 0 Å². The van der Waals surface area contributed by atoms with E-state index in [2.05, 4.69) is 39.7 Å². The van der Waals surface area contributed by atoms with Crippen LogP contribution in [-0.4, -0.2) is 18.1 Å². The lowest BCUT2D eigenvalue weighted by atomic mass is 9.82. The molecule has 1 aromatic rings.